The molecule has 0 unspecified atom stereocenters. The van der Waals surface area contributed by atoms with Crippen molar-refractivity contribution in [1.29, 1.82) is 0 Å². The minimum absolute atomic E-state index is 0.0483. The van der Waals surface area contributed by atoms with Crippen molar-refractivity contribution in [2.75, 3.05) is 19.5 Å². The number of ether oxygens (including phenoxy) is 2. The van der Waals surface area contributed by atoms with Gasteiger partial charge >= 0.3 is 146 Å². The molecule has 1 aromatic heterocycles. The van der Waals surface area contributed by atoms with Crippen LogP contribution in [0.5, 0.6) is 11.5 Å². The first-order valence-corrected chi connectivity index (χ1v) is 11.6. The molecule has 0 aliphatic rings. The Morgan fingerprint density at radius 1 is 1.00 bits per heavy atom. The molecule has 8 nitrogen and oxygen atoms in total. The predicted octanol–water partition coefficient (Wildman–Crippen LogP) is 1.98. The van der Waals surface area contributed by atoms with E-state index >= 15 is 0 Å². The van der Waals surface area contributed by atoms with Gasteiger partial charge in [-0.05, 0) is 0 Å². The third kappa shape index (κ3) is 4.60. The van der Waals surface area contributed by atoms with Crippen LogP contribution in [0.25, 0.3) is 10.9 Å². The van der Waals surface area contributed by atoms with Gasteiger partial charge in [-0.3, -0.25) is 0 Å². The standard InChI is InChI=1S/C16H16AsN3O5.C2H6/c1-24-14-7-10-13(8-15(14)25-2)18-9-19-16(10)20-12-6-4-3-5-11(12)17(21,22)23;1-2/h3-9H,1-2H3,(H,18,19,20)(H2,21,22,23);1-2H3. The summed E-state index contributed by atoms with van der Waals surface area (Å²) in [7, 11) is 3.05. The second kappa shape index (κ2) is 8.90. The van der Waals surface area contributed by atoms with Crippen molar-refractivity contribution >= 4 is 40.9 Å². The molecule has 3 aromatic rings. The number of hydrogen-bond acceptors (Lipinski definition) is 6. The van der Waals surface area contributed by atoms with E-state index in [0.29, 0.717) is 33.9 Å². The fourth-order valence-electron chi connectivity index (χ4n) is 2.44. The number of anilines is 2. The zero-order chi connectivity index (χ0) is 20.0. The molecule has 0 saturated carbocycles. The van der Waals surface area contributed by atoms with Crippen LogP contribution in [-0.4, -0.2) is 46.6 Å². The van der Waals surface area contributed by atoms with Crippen molar-refractivity contribution < 1.29 is 21.4 Å². The first kappa shape index (κ1) is 20.8. The van der Waals surface area contributed by atoms with Crippen LogP contribution in [0, 0.1) is 0 Å². The van der Waals surface area contributed by atoms with E-state index in [2.05, 4.69) is 15.3 Å². The predicted molar refractivity (Wildman–Crippen MR) is 104 cm³/mol. The maximum absolute atomic E-state index is 11.7. The summed E-state index contributed by atoms with van der Waals surface area (Å²) in [5.41, 5.74) is 0.902. The van der Waals surface area contributed by atoms with E-state index in [1.165, 1.54) is 26.6 Å². The fourth-order valence-corrected chi connectivity index (χ4v) is 3.96. The molecule has 0 radical (unpaired) electrons. The summed E-state index contributed by atoms with van der Waals surface area (Å²) in [6.07, 6.45) is 1.36. The number of hydrogen-bond donors (Lipinski definition) is 3. The van der Waals surface area contributed by atoms with Crippen LogP contribution in [0.2, 0.25) is 0 Å². The monoisotopic (exact) mass is 435 g/mol. The Balaban J connectivity index is 0.00000126. The van der Waals surface area contributed by atoms with Gasteiger partial charge < -0.3 is 0 Å². The Bertz CT molecular complexity index is 974. The van der Waals surface area contributed by atoms with Gasteiger partial charge in [0.15, 0.2) is 0 Å². The molecular weight excluding hydrogens is 413 g/mol. The maximum atomic E-state index is 11.7. The Hall–Kier alpha value is -2.54. The zero-order valence-corrected chi connectivity index (χ0v) is 17.4. The van der Waals surface area contributed by atoms with Crippen LogP contribution >= 0.6 is 0 Å². The molecule has 0 aliphatic carbocycles. The van der Waals surface area contributed by atoms with Crippen LogP contribution in [0.1, 0.15) is 13.8 Å². The second-order valence-corrected chi connectivity index (χ2v) is 8.43. The molecule has 0 spiro atoms. The van der Waals surface area contributed by atoms with E-state index < -0.39 is 14.2 Å². The average Bonchev–Trinajstić information content (AvgIpc) is 2.68. The van der Waals surface area contributed by atoms with Gasteiger partial charge in [0.05, 0.1) is 0 Å². The summed E-state index contributed by atoms with van der Waals surface area (Å²) >= 11 is -5.09. The van der Waals surface area contributed by atoms with Crippen LogP contribution in [-0.2, 0) is 3.74 Å². The molecule has 1 heterocycles. The molecule has 0 amide bonds. The molecule has 0 fully saturated rings. The molecule has 3 N–H and O–H groups in total. The molecule has 3 rings (SSSR count). The van der Waals surface area contributed by atoms with Crippen molar-refractivity contribution in [3.63, 3.8) is 0 Å². The van der Waals surface area contributed by atoms with E-state index in [9.17, 15) is 11.9 Å². The molecule has 144 valence electrons. The number of rotatable bonds is 5. The number of benzene rings is 2. The second-order valence-electron chi connectivity index (χ2n) is 5.13. The van der Waals surface area contributed by atoms with Gasteiger partial charge in [0, 0.05) is 0 Å². The van der Waals surface area contributed by atoms with Gasteiger partial charge in [-0.1, -0.05) is 13.8 Å². The van der Waals surface area contributed by atoms with Crippen molar-refractivity contribution in [2.24, 2.45) is 0 Å². The molecule has 9 heteroatoms. The summed E-state index contributed by atoms with van der Waals surface area (Å²) < 4.78 is 41.4. The zero-order valence-electron chi connectivity index (χ0n) is 15.5. The summed E-state index contributed by atoms with van der Waals surface area (Å²) in [4.78, 5) is 8.39. The minimum atomic E-state index is -5.09. The van der Waals surface area contributed by atoms with Crippen molar-refractivity contribution in [1.82, 2.24) is 9.97 Å². The molecule has 2 aromatic carbocycles. The first-order chi connectivity index (χ1) is 12.9. The van der Waals surface area contributed by atoms with Gasteiger partial charge in [-0.25, -0.2) is 0 Å². The molecule has 0 aliphatic heterocycles. The molecular formula is C18H22AsN3O5. The van der Waals surface area contributed by atoms with E-state index in [4.69, 9.17) is 9.47 Å². The summed E-state index contributed by atoms with van der Waals surface area (Å²) in [6, 6.07) is 9.66. The van der Waals surface area contributed by atoms with Gasteiger partial charge in [-0.15, -0.1) is 0 Å². The number of nitrogens with one attached hydrogen (secondary N) is 1. The third-order valence-electron chi connectivity index (χ3n) is 3.61. The van der Waals surface area contributed by atoms with E-state index in [1.807, 2.05) is 13.8 Å². The number of methoxy groups -OCH3 is 2. The van der Waals surface area contributed by atoms with Gasteiger partial charge in [0.1, 0.15) is 0 Å². The topological polar surface area (TPSA) is 114 Å². The Labute approximate surface area is 160 Å². The van der Waals surface area contributed by atoms with Crippen LogP contribution in [0.15, 0.2) is 42.7 Å². The summed E-state index contributed by atoms with van der Waals surface area (Å²) in [5, 5.41) is 3.62. The third-order valence-corrected chi connectivity index (χ3v) is 5.75. The summed E-state index contributed by atoms with van der Waals surface area (Å²) in [6.45, 7) is 4.00. The molecule has 0 atom stereocenters. The molecule has 0 bridgehead atoms. The van der Waals surface area contributed by atoms with E-state index in [1.54, 1.807) is 30.3 Å². The first-order valence-electron chi connectivity index (χ1n) is 8.23. The van der Waals surface area contributed by atoms with E-state index in [0.717, 1.165) is 0 Å². The SMILES string of the molecule is CC.COc1cc2ncnc(Nc3ccccc3[As](=O)(O)O)c2cc1OC. The van der Waals surface area contributed by atoms with E-state index in [-0.39, 0.29) is 4.35 Å². The molecule has 0 saturated heterocycles. The fraction of sp³-hybridized carbons (Fsp3) is 0.222. The van der Waals surface area contributed by atoms with Crippen molar-refractivity contribution in [2.45, 2.75) is 13.8 Å². The Morgan fingerprint density at radius 3 is 2.26 bits per heavy atom. The number of fused-ring (bicyclic) bond motifs is 1. The Morgan fingerprint density at radius 2 is 1.63 bits per heavy atom. The van der Waals surface area contributed by atoms with Crippen LogP contribution in [0.4, 0.5) is 11.5 Å². The average molecular weight is 435 g/mol. The van der Waals surface area contributed by atoms with Crippen molar-refractivity contribution in [3.05, 3.63) is 42.7 Å². The number of aromatic nitrogens is 2. The number of nitrogens with zero attached hydrogens (tertiary/aromatic N) is 2. The van der Waals surface area contributed by atoms with Gasteiger partial charge in [0.25, 0.3) is 0 Å². The quantitative estimate of drug-likeness (QED) is 0.522. The van der Waals surface area contributed by atoms with Gasteiger partial charge in [-0.2, -0.15) is 0 Å². The van der Waals surface area contributed by atoms with Crippen molar-refractivity contribution in [3.8, 4) is 11.5 Å². The molecule has 27 heavy (non-hydrogen) atoms. The van der Waals surface area contributed by atoms with Gasteiger partial charge in [0.2, 0.25) is 0 Å². The van der Waals surface area contributed by atoms with Crippen LogP contribution in [0.3, 0.4) is 0 Å². The summed E-state index contributed by atoms with van der Waals surface area (Å²) in [5.74, 6) is 1.43. The number of para-hydroxylation sites is 1. The Kier molecular flexibility index (Phi) is 6.85. The van der Waals surface area contributed by atoms with Crippen LogP contribution < -0.4 is 19.1 Å². The normalized spacial score (nSPS) is 10.7.